The Morgan fingerprint density at radius 2 is 2.05 bits per heavy atom. The number of phenolic OH excluding ortho intramolecular Hbond substituents is 1. The Morgan fingerprint density at radius 1 is 1.45 bits per heavy atom. The second-order valence-corrected chi connectivity index (χ2v) is 6.45. The number of anilines is 1. The molecule has 0 atom stereocenters. The summed E-state index contributed by atoms with van der Waals surface area (Å²) in [6, 6.07) is 1.93. The molecule has 0 aliphatic rings. The summed E-state index contributed by atoms with van der Waals surface area (Å²) in [4.78, 5) is 10.9. The number of carbonyl (C=O) groups is 1. The highest BCUT2D eigenvalue weighted by Gasteiger charge is 2.22. The smallest absolute Gasteiger partial charge is 0.319 e. The van der Waals surface area contributed by atoms with E-state index in [2.05, 4.69) is 10.6 Å². The Kier molecular flexibility index (Phi) is 5.21. The zero-order chi connectivity index (χ0) is 15.5. The van der Waals surface area contributed by atoms with Gasteiger partial charge in [0.25, 0.3) is 0 Å². The fourth-order valence-corrected chi connectivity index (χ4v) is 2.58. The Balaban J connectivity index is 3.01. The van der Waals surface area contributed by atoms with Gasteiger partial charge >= 0.3 is 6.03 Å². The number of nitrogens with two attached hydrogens (primary N) is 1. The molecule has 0 saturated carbocycles. The second kappa shape index (κ2) is 6.29. The van der Waals surface area contributed by atoms with Gasteiger partial charge in [0.1, 0.15) is 4.90 Å². The number of aromatic hydroxyl groups is 1. The van der Waals surface area contributed by atoms with Crippen LogP contribution in [0.25, 0.3) is 0 Å². The first-order valence-corrected chi connectivity index (χ1v) is 7.64. The third-order valence-corrected chi connectivity index (χ3v) is 3.70. The number of amides is 2. The molecule has 0 bridgehead atoms. The standard InChI is InChI=1S/C11H16ClN3O4S/c1-6(2)5-14-11(17)15-8-4-3-7(12)10(9(8)16)20(13,18)19/h3-4,6,16H,5H2,1-2H3,(H2,13,18,19)(H2,14,15,17). The summed E-state index contributed by atoms with van der Waals surface area (Å²) in [7, 11) is -4.20. The Morgan fingerprint density at radius 3 is 2.55 bits per heavy atom. The molecule has 0 fully saturated rings. The number of urea groups is 1. The Hall–Kier alpha value is -1.51. The van der Waals surface area contributed by atoms with Crippen LogP contribution in [0.2, 0.25) is 5.02 Å². The molecule has 9 heteroatoms. The maximum Gasteiger partial charge on any atom is 0.319 e. The summed E-state index contributed by atoms with van der Waals surface area (Å²) >= 11 is 5.68. The van der Waals surface area contributed by atoms with Crippen LogP contribution in [0, 0.1) is 5.92 Å². The third kappa shape index (κ3) is 4.26. The molecule has 5 N–H and O–H groups in total. The van der Waals surface area contributed by atoms with E-state index in [4.69, 9.17) is 16.7 Å². The first kappa shape index (κ1) is 16.5. The third-order valence-electron chi connectivity index (χ3n) is 2.29. The Bertz CT molecular complexity index is 616. The van der Waals surface area contributed by atoms with E-state index in [1.807, 2.05) is 13.8 Å². The molecule has 0 aliphatic heterocycles. The van der Waals surface area contributed by atoms with E-state index in [9.17, 15) is 18.3 Å². The molecule has 0 aliphatic carbocycles. The molecular formula is C11H16ClN3O4S. The van der Waals surface area contributed by atoms with Crippen LogP contribution < -0.4 is 15.8 Å². The summed E-state index contributed by atoms with van der Waals surface area (Å²) in [5.74, 6) is -0.445. The molecular weight excluding hydrogens is 306 g/mol. The molecule has 2 amide bonds. The minimum Gasteiger partial charge on any atom is -0.504 e. The van der Waals surface area contributed by atoms with Gasteiger partial charge in [0.15, 0.2) is 5.75 Å². The molecule has 20 heavy (non-hydrogen) atoms. The largest absolute Gasteiger partial charge is 0.504 e. The van der Waals surface area contributed by atoms with Crippen molar-refractivity contribution in [3.8, 4) is 5.75 Å². The van der Waals surface area contributed by atoms with Crippen LogP contribution in [-0.4, -0.2) is 26.1 Å². The zero-order valence-corrected chi connectivity index (χ0v) is 12.5. The lowest BCUT2D eigenvalue weighted by atomic mass is 10.2. The van der Waals surface area contributed by atoms with E-state index in [1.165, 1.54) is 12.1 Å². The molecule has 7 nitrogen and oxygen atoms in total. The summed E-state index contributed by atoms with van der Waals surface area (Å²) in [5.41, 5.74) is -0.0975. The van der Waals surface area contributed by atoms with Crippen molar-refractivity contribution >= 4 is 33.3 Å². The number of sulfonamides is 1. The second-order valence-electron chi connectivity index (χ2n) is 4.55. The van der Waals surface area contributed by atoms with Crippen molar-refractivity contribution in [3.05, 3.63) is 17.2 Å². The van der Waals surface area contributed by atoms with Gasteiger partial charge in [-0.15, -0.1) is 0 Å². The van der Waals surface area contributed by atoms with Crippen molar-refractivity contribution in [2.45, 2.75) is 18.7 Å². The van der Waals surface area contributed by atoms with Crippen molar-refractivity contribution in [2.24, 2.45) is 11.1 Å². The van der Waals surface area contributed by atoms with Crippen molar-refractivity contribution in [2.75, 3.05) is 11.9 Å². The van der Waals surface area contributed by atoms with Crippen molar-refractivity contribution < 1.29 is 18.3 Å². The quantitative estimate of drug-likeness (QED) is 0.627. The van der Waals surface area contributed by atoms with Crippen LogP contribution in [-0.2, 0) is 10.0 Å². The summed E-state index contributed by atoms with van der Waals surface area (Å²) in [6.45, 7) is 4.26. The minimum absolute atomic E-state index is 0.0975. The van der Waals surface area contributed by atoms with Crippen molar-refractivity contribution in [1.82, 2.24) is 5.32 Å². The minimum atomic E-state index is -4.20. The number of phenols is 1. The van der Waals surface area contributed by atoms with Gasteiger partial charge in [-0.3, -0.25) is 0 Å². The van der Waals surface area contributed by atoms with Crippen LogP contribution in [0.5, 0.6) is 5.75 Å². The van der Waals surface area contributed by atoms with Gasteiger partial charge in [0.2, 0.25) is 10.0 Å². The van der Waals surface area contributed by atoms with Crippen LogP contribution in [0.1, 0.15) is 13.8 Å². The first-order chi connectivity index (χ1) is 9.12. The highest BCUT2D eigenvalue weighted by atomic mass is 35.5. The van der Waals surface area contributed by atoms with E-state index in [0.717, 1.165) is 0 Å². The molecule has 0 heterocycles. The summed E-state index contributed by atoms with van der Waals surface area (Å²) in [6.07, 6.45) is 0. The number of rotatable bonds is 4. The average Bonchev–Trinajstić information content (AvgIpc) is 2.28. The average molecular weight is 322 g/mol. The fourth-order valence-electron chi connectivity index (χ4n) is 1.38. The van der Waals surface area contributed by atoms with Gasteiger partial charge in [0, 0.05) is 6.54 Å². The number of benzene rings is 1. The number of nitrogens with one attached hydrogen (secondary N) is 2. The molecule has 1 rings (SSSR count). The molecule has 1 aromatic carbocycles. The van der Waals surface area contributed by atoms with Crippen molar-refractivity contribution in [3.63, 3.8) is 0 Å². The van der Waals surface area contributed by atoms with Gasteiger partial charge in [-0.05, 0) is 18.1 Å². The van der Waals surface area contributed by atoms with Crippen LogP contribution in [0.4, 0.5) is 10.5 Å². The van der Waals surface area contributed by atoms with Crippen LogP contribution >= 0.6 is 11.6 Å². The lowest BCUT2D eigenvalue weighted by Gasteiger charge is -2.13. The molecule has 0 aromatic heterocycles. The van der Waals surface area contributed by atoms with Gasteiger partial charge < -0.3 is 15.7 Å². The molecule has 0 unspecified atom stereocenters. The predicted octanol–water partition coefficient (Wildman–Crippen LogP) is 1.47. The number of primary sulfonamides is 1. The Labute approximate surface area is 122 Å². The molecule has 0 radical (unpaired) electrons. The summed E-state index contributed by atoms with van der Waals surface area (Å²) < 4.78 is 22.7. The highest BCUT2D eigenvalue weighted by molar-refractivity contribution is 7.89. The predicted molar refractivity (Wildman–Crippen MR) is 76.3 cm³/mol. The van der Waals surface area contributed by atoms with Gasteiger partial charge in [-0.2, -0.15) is 0 Å². The van der Waals surface area contributed by atoms with E-state index in [-0.39, 0.29) is 16.6 Å². The van der Waals surface area contributed by atoms with E-state index < -0.39 is 26.7 Å². The number of hydrogen-bond donors (Lipinski definition) is 4. The maximum atomic E-state index is 11.6. The van der Waals surface area contributed by atoms with Crippen LogP contribution in [0.3, 0.4) is 0 Å². The lowest BCUT2D eigenvalue weighted by Crippen LogP contribution is -2.31. The number of halogens is 1. The first-order valence-electron chi connectivity index (χ1n) is 5.72. The van der Waals surface area contributed by atoms with Gasteiger partial charge in [-0.1, -0.05) is 25.4 Å². The van der Waals surface area contributed by atoms with Crippen LogP contribution in [0.15, 0.2) is 17.0 Å². The fraction of sp³-hybridized carbons (Fsp3) is 0.364. The number of hydrogen-bond acceptors (Lipinski definition) is 4. The number of carbonyl (C=O) groups excluding carboxylic acids is 1. The van der Waals surface area contributed by atoms with Crippen molar-refractivity contribution in [1.29, 1.82) is 0 Å². The lowest BCUT2D eigenvalue weighted by molar-refractivity contribution is 0.250. The highest BCUT2D eigenvalue weighted by Crippen LogP contribution is 2.35. The zero-order valence-electron chi connectivity index (χ0n) is 11.0. The van der Waals surface area contributed by atoms with E-state index in [1.54, 1.807) is 0 Å². The maximum absolute atomic E-state index is 11.6. The molecule has 0 spiro atoms. The van der Waals surface area contributed by atoms with E-state index >= 15 is 0 Å². The summed E-state index contributed by atoms with van der Waals surface area (Å²) in [5, 5.41) is 19.5. The van der Waals surface area contributed by atoms with Gasteiger partial charge in [0.05, 0.1) is 10.7 Å². The normalized spacial score (nSPS) is 11.4. The molecule has 112 valence electrons. The monoisotopic (exact) mass is 321 g/mol. The van der Waals surface area contributed by atoms with Gasteiger partial charge in [-0.25, -0.2) is 18.4 Å². The van der Waals surface area contributed by atoms with E-state index in [0.29, 0.717) is 6.54 Å². The SMILES string of the molecule is CC(C)CNC(=O)Nc1ccc(Cl)c(S(N)(=O)=O)c1O. The topological polar surface area (TPSA) is 122 Å². The molecule has 1 aromatic rings. The molecule has 0 saturated heterocycles.